The summed E-state index contributed by atoms with van der Waals surface area (Å²) in [6.45, 7) is 3.05. The van der Waals surface area contributed by atoms with Crippen LogP contribution >= 0.6 is 11.8 Å². The van der Waals surface area contributed by atoms with Gasteiger partial charge >= 0.3 is 0 Å². The highest BCUT2D eigenvalue weighted by Gasteiger charge is 2.13. The molecule has 0 aliphatic carbocycles. The molecule has 0 aliphatic heterocycles. The van der Waals surface area contributed by atoms with Crippen LogP contribution in [0.5, 0.6) is 11.5 Å². The lowest BCUT2D eigenvalue weighted by Gasteiger charge is -2.10. The average molecular weight is 374 g/mol. The van der Waals surface area contributed by atoms with E-state index in [1.54, 1.807) is 28.6 Å². The van der Waals surface area contributed by atoms with E-state index in [1.165, 1.54) is 12.1 Å². The molecule has 3 aromatic rings. The molecule has 1 heterocycles. The highest BCUT2D eigenvalue weighted by atomic mass is 32.2. The van der Waals surface area contributed by atoms with Gasteiger partial charge in [0.1, 0.15) is 23.0 Å². The summed E-state index contributed by atoms with van der Waals surface area (Å²) in [5.74, 6) is 1.92. The van der Waals surface area contributed by atoms with E-state index in [0.717, 1.165) is 23.6 Å². The van der Waals surface area contributed by atoms with Gasteiger partial charge in [-0.05, 0) is 60.2 Å². The summed E-state index contributed by atoms with van der Waals surface area (Å²) in [7, 11) is 0. The second-order valence-corrected chi connectivity index (χ2v) is 6.34. The summed E-state index contributed by atoms with van der Waals surface area (Å²) in [6.07, 6.45) is 0.808. The van der Waals surface area contributed by atoms with Crippen molar-refractivity contribution < 1.29 is 13.9 Å². The molecule has 0 amide bonds. The van der Waals surface area contributed by atoms with Gasteiger partial charge in [-0.3, -0.25) is 0 Å². The van der Waals surface area contributed by atoms with Gasteiger partial charge in [-0.25, -0.2) is 4.39 Å². The molecule has 0 bridgehead atoms. The molecule has 0 saturated heterocycles. The average Bonchev–Trinajstić information content (AvgIpc) is 3.12. The summed E-state index contributed by atoms with van der Waals surface area (Å²) >= 11 is 1.54. The first-order valence-electron chi connectivity index (χ1n) is 8.29. The predicted octanol–water partition coefficient (Wildman–Crippen LogP) is 3.76. The Bertz CT molecular complexity index is 826. The summed E-state index contributed by atoms with van der Waals surface area (Å²) in [4.78, 5) is 0. The van der Waals surface area contributed by atoms with Crippen LogP contribution in [0.15, 0.2) is 53.7 Å². The number of benzene rings is 2. The van der Waals surface area contributed by atoms with E-state index in [1.807, 2.05) is 31.2 Å². The first-order valence-corrected chi connectivity index (χ1v) is 9.28. The monoisotopic (exact) mass is 374 g/mol. The standard InChI is InChI=1S/C18H19FN4O2S/c1-2-24-17-7-4-3-6-16(17)23-18(20-21-22-23)26-13-5-12-25-15-10-8-14(19)9-11-15/h3-4,6-11H,2,5,12-13H2,1H3. The lowest BCUT2D eigenvalue weighted by molar-refractivity contribution is 0.318. The number of hydrogen-bond acceptors (Lipinski definition) is 6. The molecule has 26 heavy (non-hydrogen) atoms. The SMILES string of the molecule is CCOc1ccccc1-n1nnnc1SCCCOc1ccc(F)cc1. The van der Waals surface area contributed by atoms with Crippen LogP contribution in [0, 0.1) is 5.82 Å². The molecule has 2 aromatic carbocycles. The first kappa shape index (κ1) is 18.2. The Morgan fingerprint density at radius 1 is 1.08 bits per heavy atom. The smallest absolute Gasteiger partial charge is 0.214 e. The minimum absolute atomic E-state index is 0.271. The van der Waals surface area contributed by atoms with Crippen molar-refractivity contribution in [2.75, 3.05) is 19.0 Å². The van der Waals surface area contributed by atoms with Crippen molar-refractivity contribution in [2.45, 2.75) is 18.5 Å². The fraction of sp³-hybridized carbons (Fsp3) is 0.278. The van der Waals surface area contributed by atoms with Crippen LogP contribution in [0.4, 0.5) is 4.39 Å². The van der Waals surface area contributed by atoms with E-state index in [-0.39, 0.29) is 5.82 Å². The van der Waals surface area contributed by atoms with Crippen LogP contribution in [0.1, 0.15) is 13.3 Å². The third kappa shape index (κ3) is 4.72. The van der Waals surface area contributed by atoms with Crippen molar-refractivity contribution in [3.8, 4) is 17.2 Å². The lowest BCUT2D eigenvalue weighted by atomic mass is 10.3. The Morgan fingerprint density at radius 3 is 2.69 bits per heavy atom. The third-order valence-corrected chi connectivity index (χ3v) is 4.44. The maximum atomic E-state index is 12.9. The fourth-order valence-corrected chi connectivity index (χ4v) is 3.07. The number of nitrogens with zero attached hydrogens (tertiary/aromatic N) is 4. The summed E-state index contributed by atoms with van der Waals surface area (Å²) in [5, 5.41) is 12.6. The van der Waals surface area contributed by atoms with Gasteiger partial charge in [-0.15, -0.1) is 5.10 Å². The number of rotatable bonds is 9. The Labute approximate surface area is 155 Å². The topological polar surface area (TPSA) is 62.1 Å². The quantitative estimate of drug-likeness (QED) is 0.420. The van der Waals surface area contributed by atoms with Crippen molar-refractivity contribution in [2.24, 2.45) is 0 Å². The van der Waals surface area contributed by atoms with Crippen LogP contribution in [-0.2, 0) is 0 Å². The van der Waals surface area contributed by atoms with Gasteiger partial charge in [0.05, 0.1) is 13.2 Å². The Balaban J connectivity index is 1.54. The highest BCUT2D eigenvalue weighted by molar-refractivity contribution is 7.99. The van der Waals surface area contributed by atoms with Gasteiger partial charge in [0.2, 0.25) is 5.16 Å². The summed E-state index contributed by atoms with van der Waals surface area (Å²) < 4.78 is 25.8. The Hall–Kier alpha value is -2.61. The van der Waals surface area contributed by atoms with Crippen molar-refractivity contribution in [3.63, 3.8) is 0 Å². The van der Waals surface area contributed by atoms with E-state index in [2.05, 4.69) is 15.5 Å². The van der Waals surface area contributed by atoms with Crippen LogP contribution in [-0.4, -0.2) is 39.2 Å². The van der Waals surface area contributed by atoms with E-state index < -0.39 is 0 Å². The number of tetrazole rings is 1. The molecule has 0 fully saturated rings. The van der Waals surface area contributed by atoms with E-state index in [9.17, 15) is 4.39 Å². The molecule has 6 nitrogen and oxygen atoms in total. The maximum absolute atomic E-state index is 12.9. The zero-order valence-corrected chi connectivity index (χ0v) is 15.2. The van der Waals surface area contributed by atoms with Gasteiger partial charge in [0, 0.05) is 5.75 Å². The van der Waals surface area contributed by atoms with Crippen molar-refractivity contribution in [1.82, 2.24) is 20.2 Å². The van der Waals surface area contributed by atoms with Crippen LogP contribution < -0.4 is 9.47 Å². The zero-order valence-electron chi connectivity index (χ0n) is 14.3. The van der Waals surface area contributed by atoms with Gasteiger partial charge < -0.3 is 9.47 Å². The molecule has 8 heteroatoms. The van der Waals surface area contributed by atoms with Crippen molar-refractivity contribution >= 4 is 11.8 Å². The number of halogens is 1. The maximum Gasteiger partial charge on any atom is 0.214 e. The number of thioether (sulfide) groups is 1. The van der Waals surface area contributed by atoms with E-state index in [0.29, 0.717) is 24.1 Å². The Kier molecular flexibility index (Phi) is 6.43. The molecule has 136 valence electrons. The molecule has 0 atom stereocenters. The molecule has 0 spiro atoms. The van der Waals surface area contributed by atoms with Crippen molar-refractivity contribution in [3.05, 3.63) is 54.3 Å². The number of ether oxygens (including phenoxy) is 2. The van der Waals surface area contributed by atoms with Gasteiger partial charge in [0.15, 0.2) is 0 Å². The second-order valence-electron chi connectivity index (χ2n) is 5.28. The van der Waals surface area contributed by atoms with Gasteiger partial charge in [0.25, 0.3) is 0 Å². The zero-order chi connectivity index (χ0) is 18.2. The molecule has 0 N–H and O–H groups in total. The third-order valence-electron chi connectivity index (χ3n) is 3.44. The molecule has 1 aromatic heterocycles. The molecule has 0 unspecified atom stereocenters. The number of aromatic nitrogens is 4. The van der Waals surface area contributed by atoms with E-state index >= 15 is 0 Å². The van der Waals surface area contributed by atoms with Crippen LogP contribution in [0.25, 0.3) is 5.69 Å². The number of para-hydroxylation sites is 2. The minimum atomic E-state index is -0.271. The fourth-order valence-electron chi connectivity index (χ4n) is 2.27. The number of hydrogen-bond donors (Lipinski definition) is 0. The molecule has 3 rings (SSSR count). The minimum Gasteiger partial charge on any atom is -0.494 e. The molecule has 0 saturated carbocycles. The predicted molar refractivity (Wildman–Crippen MR) is 97.6 cm³/mol. The lowest BCUT2D eigenvalue weighted by Crippen LogP contribution is -2.04. The van der Waals surface area contributed by atoms with E-state index in [4.69, 9.17) is 9.47 Å². The first-order chi connectivity index (χ1) is 12.8. The Morgan fingerprint density at radius 2 is 1.88 bits per heavy atom. The van der Waals surface area contributed by atoms with Crippen molar-refractivity contribution in [1.29, 1.82) is 0 Å². The van der Waals surface area contributed by atoms with Gasteiger partial charge in [-0.1, -0.05) is 23.9 Å². The van der Waals surface area contributed by atoms with Crippen LogP contribution in [0.3, 0.4) is 0 Å². The van der Waals surface area contributed by atoms with Crippen LogP contribution in [0.2, 0.25) is 0 Å². The summed E-state index contributed by atoms with van der Waals surface area (Å²) in [5.41, 5.74) is 0.810. The molecular weight excluding hydrogens is 355 g/mol. The molecule has 0 radical (unpaired) electrons. The molecule has 0 aliphatic rings. The second kappa shape index (κ2) is 9.19. The highest BCUT2D eigenvalue weighted by Crippen LogP contribution is 2.26. The normalized spacial score (nSPS) is 10.7. The largest absolute Gasteiger partial charge is 0.494 e. The summed E-state index contributed by atoms with van der Waals surface area (Å²) in [6, 6.07) is 13.7. The van der Waals surface area contributed by atoms with Gasteiger partial charge in [-0.2, -0.15) is 4.68 Å². The molecular formula is C18H19FN4O2S.